The van der Waals surface area contributed by atoms with Gasteiger partial charge in [-0.25, -0.2) is 4.98 Å². The summed E-state index contributed by atoms with van der Waals surface area (Å²) in [7, 11) is 0. The van der Waals surface area contributed by atoms with Crippen molar-refractivity contribution < 1.29 is 4.42 Å². The minimum absolute atomic E-state index is 0.0360. The topological polar surface area (TPSA) is 79.6 Å². The molecule has 0 saturated heterocycles. The minimum atomic E-state index is -0.0360. The van der Waals surface area contributed by atoms with E-state index >= 15 is 0 Å². The highest BCUT2D eigenvalue weighted by Crippen LogP contribution is 2.24. The summed E-state index contributed by atoms with van der Waals surface area (Å²) in [5, 5.41) is 3.40. The number of fused-ring (bicyclic) bond motifs is 1. The van der Waals surface area contributed by atoms with Crippen molar-refractivity contribution in [1.82, 2.24) is 19.9 Å². The first kappa shape index (κ1) is 12.0. The number of furan rings is 1. The van der Waals surface area contributed by atoms with Gasteiger partial charge in [-0.1, -0.05) is 0 Å². The van der Waals surface area contributed by atoms with Gasteiger partial charge in [0.15, 0.2) is 11.5 Å². The third kappa shape index (κ3) is 2.26. The molecule has 0 amide bonds. The number of aromatic nitrogens is 4. The van der Waals surface area contributed by atoms with Gasteiger partial charge in [0.25, 0.3) is 0 Å². The van der Waals surface area contributed by atoms with Crippen molar-refractivity contribution in [1.29, 1.82) is 0 Å². The summed E-state index contributed by atoms with van der Waals surface area (Å²) in [5.41, 5.74) is 1.25. The SMILES string of the molecule is Cc1ccc(C(C)Nc2nc(Cl)nc3nc[nH]c23)o1. The first-order valence-electron chi connectivity index (χ1n) is 5.83. The maximum atomic E-state index is 5.87. The molecular weight excluding hydrogens is 266 g/mol. The number of H-pyrrole nitrogens is 1. The Morgan fingerprint density at radius 2 is 2.21 bits per heavy atom. The summed E-state index contributed by atoms with van der Waals surface area (Å²) >= 11 is 5.87. The van der Waals surface area contributed by atoms with Crippen molar-refractivity contribution in [3.05, 3.63) is 35.3 Å². The van der Waals surface area contributed by atoms with Gasteiger partial charge in [0.1, 0.15) is 17.0 Å². The van der Waals surface area contributed by atoms with Gasteiger partial charge in [0.05, 0.1) is 12.4 Å². The molecule has 3 aromatic heterocycles. The molecule has 3 heterocycles. The summed E-state index contributed by atoms with van der Waals surface area (Å²) in [6.07, 6.45) is 1.56. The zero-order valence-electron chi connectivity index (χ0n) is 10.4. The second-order valence-electron chi connectivity index (χ2n) is 4.26. The Balaban J connectivity index is 1.94. The number of nitrogens with one attached hydrogen (secondary N) is 2. The lowest BCUT2D eigenvalue weighted by Crippen LogP contribution is -2.08. The highest BCUT2D eigenvalue weighted by Gasteiger charge is 2.14. The molecule has 3 aromatic rings. The molecule has 7 heteroatoms. The number of hydrogen-bond donors (Lipinski definition) is 2. The number of imidazole rings is 1. The van der Waals surface area contributed by atoms with Crippen LogP contribution in [0.1, 0.15) is 24.5 Å². The molecular formula is C12H12ClN5O. The van der Waals surface area contributed by atoms with E-state index < -0.39 is 0 Å². The summed E-state index contributed by atoms with van der Waals surface area (Å²) in [6, 6.07) is 3.82. The van der Waals surface area contributed by atoms with Crippen molar-refractivity contribution >= 4 is 28.6 Å². The molecule has 0 radical (unpaired) electrons. The smallest absolute Gasteiger partial charge is 0.226 e. The molecule has 0 spiro atoms. The van der Waals surface area contributed by atoms with Gasteiger partial charge in [0.2, 0.25) is 5.28 Å². The molecule has 19 heavy (non-hydrogen) atoms. The van der Waals surface area contributed by atoms with Crippen molar-refractivity contribution in [2.24, 2.45) is 0 Å². The zero-order chi connectivity index (χ0) is 13.4. The fourth-order valence-electron chi connectivity index (χ4n) is 1.87. The highest BCUT2D eigenvalue weighted by atomic mass is 35.5. The van der Waals surface area contributed by atoms with E-state index in [1.165, 1.54) is 0 Å². The van der Waals surface area contributed by atoms with E-state index in [0.29, 0.717) is 11.5 Å². The van der Waals surface area contributed by atoms with E-state index in [4.69, 9.17) is 16.0 Å². The lowest BCUT2D eigenvalue weighted by atomic mass is 10.2. The third-order valence-corrected chi connectivity index (χ3v) is 2.97. The maximum Gasteiger partial charge on any atom is 0.226 e. The number of nitrogens with zero attached hydrogens (tertiary/aromatic N) is 3. The number of aryl methyl sites for hydroxylation is 1. The van der Waals surface area contributed by atoms with Gasteiger partial charge in [0, 0.05) is 0 Å². The number of hydrogen-bond acceptors (Lipinski definition) is 5. The van der Waals surface area contributed by atoms with Gasteiger partial charge in [-0.2, -0.15) is 9.97 Å². The van der Waals surface area contributed by atoms with Crippen LogP contribution in [0.4, 0.5) is 5.82 Å². The van der Waals surface area contributed by atoms with Crippen molar-refractivity contribution in [3.63, 3.8) is 0 Å². The largest absolute Gasteiger partial charge is 0.464 e. The van der Waals surface area contributed by atoms with Gasteiger partial charge in [-0.05, 0) is 37.6 Å². The fourth-order valence-corrected chi connectivity index (χ4v) is 2.04. The van der Waals surface area contributed by atoms with Crippen LogP contribution in [-0.2, 0) is 0 Å². The summed E-state index contributed by atoms with van der Waals surface area (Å²) in [4.78, 5) is 15.3. The van der Waals surface area contributed by atoms with Crippen LogP contribution in [-0.4, -0.2) is 19.9 Å². The number of anilines is 1. The number of halogens is 1. The second-order valence-corrected chi connectivity index (χ2v) is 4.59. The summed E-state index contributed by atoms with van der Waals surface area (Å²) < 4.78 is 5.58. The fraction of sp³-hybridized carbons (Fsp3) is 0.250. The van der Waals surface area contributed by atoms with E-state index in [1.54, 1.807) is 6.33 Å². The Hall–Kier alpha value is -2.08. The molecule has 0 bridgehead atoms. The van der Waals surface area contributed by atoms with Crippen LogP contribution in [0.3, 0.4) is 0 Å². The van der Waals surface area contributed by atoms with Crippen LogP contribution in [0.5, 0.6) is 0 Å². The average Bonchev–Trinajstić information content (AvgIpc) is 2.97. The van der Waals surface area contributed by atoms with Crippen LogP contribution in [0.25, 0.3) is 11.2 Å². The molecule has 6 nitrogen and oxygen atoms in total. The molecule has 2 N–H and O–H groups in total. The molecule has 0 aliphatic heterocycles. The van der Waals surface area contributed by atoms with E-state index in [-0.39, 0.29) is 11.3 Å². The molecule has 0 fully saturated rings. The Labute approximate surface area is 114 Å². The van der Waals surface area contributed by atoms with Crippen molar-refractivity contribution in [2.45, 2.75) is 19.9 Å². The first-order chi connectivity index (χ1) is 9.13. The van der Waals surface area contributed by atoms with Gasteiger partial charge < -0.3 is 14.7 Å². The Kier molecular flexibility index (Phi) is 2.87. The van der Waals surface area contributed by atoms with Crippen LogP contribution >= 0.6 is 11.6 Å². The summed E-state index contributed by atoms with van der Waals surface area (Å²) in [6.45, 7) is 3.89. The third-order valence-electron chi connectivity index (χ3n) is 2.80. The predicted molar refractivity (Wildman–Crippen MR) is 72.2 cm³/mol. The van der Waals surface area contributed by atoms with Crippen LogP contribution in [0.2, 0.25) is 5.28 Å². The molecule has 0 aliphatic carbocycles. The standard InChI is InChI=1S/C12H12ClN5O/c1-6-3-4-8(19-6)7(2)16-11-9-10(15-5-14-9)17-12(13)18-11/h3-5,7H,1-2H3,(H2,14,15,16,17,18). The lowest BCUT2D eigenvalue weighted by Gasteiger charge is -2.12. The van der Waals surface area contributed by atoms with Gasteiger partial charge >= 0.3 is 0 Å². The van der Waals surface area contributed by atoms with Crippen LogP contribution in [0.15, 0.2) is 22.9 Å². The molecule has 1 atom stereocenters. The van der Waals surface area contributed by atoms with Gasteiger partial charge in [-0.15, -0.1) is 0 Å². The highest BCUT2D eigenvalue weighted by molar-refractivity contribution is 6.28. The van der Waals surface area contributed by atoms with Crippen molar-refractivity contribution in [3.8, 4) is 0 Å². The Morgan fingerprint density at radius 3 is 2.95 bits per heavy atom. The van der Waals surface area contributed by atoms with Crippen LogP contribution < -0.4 is 5.32 Å². The van der Waals surface area contributed by atoms with Crippen molar-refractivity contribution in [2.75, 3.05) is 5.32 Å². The number of aromatic amines is 1. The Morgan fingerprint density at radius 1 is 1.37 bits per heavy atom. The van der Waals surface area contributed by atoms with E-state index in [0.717, 1.165) is 17.0 Å². The minimum Gasteiger partial charge on any atom is -0.464 e. The first-order valence-corrected chi connectivity index (χ1v) is 6.21. The lowest BCUT2D eigenvalue weighted by molar-refractivity contribution is 0.466. The molecule has 0 aliphatic rings. The second kappa shape index (κ2) is 4.55. The normalized spacial score (nSPS) is 12.8. The van der Waals surface area contributed by atoms with E-state index in [1.807, 2.05) is 26.0 Å². The quantitative estimate of drug-likeness (QED) is 0.719. The van der Waals surface area contributed by atoms with E-state index in [2.05, 4.69) is 25.3 Å². The van der Waals surface area contributed by atoms with Gasteiger partial charge in [-0.3, -0.25) is 0 Å². The summed E-state index contributed by atoms with van der Waals surface area (Å²) in [5.74, 6) is 2.31. The van der Waals surface area contributed by atoms with Crippen LogP contribution in [0, 0.1) is 6.92 Å². The molecule has 98 valence electrons. The maximum absolute atomic E-state index is 5.87. The number of rotatable bonds is 3. The Bertz CT molecular complexity index is 720. The van der Waals surface area contributed by atoms with E-state index in [9.17, 15) is 0 Å². The zero-order valence-corrected chi connectivity index (χ0v) is 11.2. The molecule has 0 saturated carbocycles. The average molecular weight is 278 g/mol. The molecule has 0 aromatic carbocycles. The molecule has 1 unspecified atom stereocenters. The predicted octanol–water partition coefficient (Wildman–Crippen LogP) is 3.08. The monoisotopic (exact) mass is 277 g/mol. The molecule has 3 rings (SSSR count).